The van der Waals surface area contributed by atoms with Gasteiger partial charge in [0, 0.05) is 24.2 Å². The molecule has 0 aliphatic heterocycles. The Morgan fingerprint density at radius 1 is 1.04 bits per heavy atom. The van der Waals surface area contributed by atoms with E-state index in [2.05, 4.69) is 67.7 Å². The summed E-state index contributed by atoms with van der Waals surface area (Å²) in [4.78, 5) is 12.3. The molecule has 2 atom stereocenters. The van der Waals surface area contributed by atoms with E-state index in [0.29, 0.717) is 6.61 Å². The number of hydrogen-bond donors (Lipinski definition) is 0. The molecule has 0 fully saturated rings. The maximum atomic E-state index is 12.3. The molecule has 1 aliphatic rings. The zero-order chi connectivity index (χ0) is 21.3. The normalized spacial score (nSPS) is 22.4. The van der Waals surface area contributed by atoms with E-state index in [4.69, 9.17) is 13.6 Å². The molecule has 0 aromatic carbocycles. The van der Waals surface area contributed by atoms with Crippen molar-refractivity contribution in [1.82, 2.24) is 0 Å². The molecule has 0 amide bonds. The SMILES string of the molecule is COC(=O)C1=CC[C@@H](O[Si](C)(C)C(C)(C)C)C[C@@H]1CO[Si](C)(C)C(C)(C)C. The molecule has 6 heteroatoms. The molecule has 0 unspecified atom stereocenters. The number of carbonyl (C=O) groups excluding carboxylic acids is 1. The summed E-state index contributed by atoms with van der Waals surface area (Å²) in [5.41, 5.74) is 0.756. The van der Waals surface area contributed by atoms with Crippen LogP contribution in [-0.2, 0) is 18.4 Å². The lowest BCUT2D eigenvalue weighted by molar-refractivity contribution is -0.137. The van der Waals surface area contributed by atoms with Crippen molar-refractivity contribution in [2.45, 2.75) is 96.8 Å². The number of ether oxygens (including phenoxy) is 1. The van der Waals surface area contributed by atoms with Crippen molar-refractivity contribution in [3.63, 3.8) is 0 Å². The molecule has 158 valence electrons. The lowest BCUT2D eigenvalue weighted by Crippen LogP contribution is -2.46. The van der Waals surface area contributed by atoms with Crippen LogP contribution in [0.3, 0.4) is 0 Å². The van der Waals surface area contributed by atoms with Crippen molar-refractivity contribution in [2.24, 2.45) is 5.92 Å². The van der Waals surface area contributed by atoms with Crippen LogP contribution >= 0.6 is 0 Å². The summed E-state index contributed by atoms with van der Waals surface area (Å²) in [7, 11) is -2.27. The van der Waals surface area contributed by atoms with Gasteiger partial charge in [0.2, 0.25) is 0 Å². The maximum absolute atomic E-state index is 12.3. The summed E-state index contributed by atoms with van der Waals surface area (Å²) < 4.78 is 18.1. The van der Waals surface area contributed by atoms with Gasteiger partial charge in [0.1, 0.15) is 0 Å². The first-order valence-corrected chi connectivity index (χ1v) is 15.9. The lowest BCUT2D eigenvalue weighted by atomic mass is 9.86. The Balaban J connectivity index is 2.96. The second-order valence-electron chi connectivity index (χ2n) is 10.9. The molecule has 0 radical (unpaired) electrons. The molecule has 0 bridgehead atoms. The van der Waals surface area contributed by atoms with Crippen LogP contribution < -0.4 is 0 Å². The van der Waals surface area contributed by atoms with Gasteiger partial charge >= 0.3 is 5.97 Å². The maximum Gasteiger partial charge on any atom is 0.333 e. The van der Waals surface area contributed by atoms with Crippen LogP contribution in [0.25, 0.3) is 0 Å². The highest BCUT2D eigenvalue weighted by atomic mass is 28.4. The Morgan fingerprint density at radius 2 is 1.56 bits per heavy atom. The first-order valence-electron chi connectivity index (χ1n) is 10.1. The summed E-state index contributed by atoms with van der Waals surface area (Å²) >= 11 is 0. The van der Waals surface area contributed by atoms with Crippen LogP contribution in [-0.4, -0.2) is 42.4 Å². The Hall–Kier alpha value is -0.436. The van der Waals surface area contributed by atoms with Crippen molar-refractivity contribution in [2.75, 3.05) is 13.7 Å². The third-order valence-electron chi connectivity index (χ3n) is 6.73. The van der Waals surface area contributed by atoms with E-state index >= 15 is 0 Å². The fraction of sp³-hybridized carbons (Fsp3) is 0.857. The molecule has 0 spiro atoms. The number of hydrogen-bond acceptors (Lipinski definition) is 4. The van der Waals surface area contributed by atoms with E-state index in [1.54, 1.807) is 0 Å². The van der Waals surface area contributed by atoms with Crippen molar-refractivity contribution in [3.05, 3.63) is 11.6 Å². The largest absolute Gasteiger partial charge is 0.466 e. The molecular formula is C21H42O4Si2. The topological polar surface area (TPSA) is 44.8 Å². The molecule has 0 saturated heterocycles. The second kappa shape index (κ2) is 8.51. The number of esters is 1. The molecule has 1 aliphatic carbocycles. The Morgan fingerprint density at radius 3 is 2.00 bits per heavy atom. The van der Waals surface area contributed by atoms with Crippen molar-refractivity contribution < 1.29 is 18.4 Å². The predicted octanol–water partition coefficient (Wildman–Crippen LogP) is 5.91. The number of carbonyl (C=O) groups is 1. The molecule has 0 saturated carbocycles. The zero-order valence-electron chi connectivity index (χ0n) is 19.5. The van der Waals surface area contributed by atoms with Crippen molar-refractivity contribution in [1.29, 1.82) is 0 Å². The predicted molar refractivity (Wildman–Crippen MR) is 118 cm³/mol. The summed E-state index contributed by atoms with van der Waals surface area (Å²) in [5.74, 6) is -0.195. The van der Waals surface area contributed by atoms with Gasteiger partial charge in [-0.25, -0.2) is 4.79 Å². The van der Waals surface area contributed by atoms with Gasteiger partial charge in [-0.1, -0.05) is 47.6 Å². The van der Waals surface area contributed by atoms with E-state index in [9.17, 15) is 4.79 Å². The highest BCUT2D eigenvalue weighted by molar-refractivity contribution is 6.74. The molecule has 27 heavy (non-hydrogen) atoms. The van der Waals surface area contributed by atoms with E-state index in [-0.39, 0.29) is 28.1 Å². The molecule has 0 N–H and O–H groups in total. The first kappa shape index (κ1) is 24.6. The third kappa shape index (κ3) is 6.27. The van der Waals surface area contributed by atoms with Gasteiger partial charge in [0.25, 0.3) is 0 Å². The van der Waals surface area contributed by atoms with Gasteiger partial charge in [0.15, 0.2) is 16.6 Å². The van der Waals surface area contributed by atoms with E-state index in [1.807, 2.05) is 6.08 Å². The average molecular weight is 415 g/mol. The smallest absolute Gasteiger partial charge is 0.333 e. The minimum atomic E-state index is -1.87. The Labute approximate surface area is 169 Å². The Bertz CT molecular complexity index is 554. The molecular weight excluding hydrogens is 372 g/mol. The molecule has 1 rings (SSSR count). The average Bonchev–Trinajstić information content (AvgIpc) is 2.50. The summed E-state index contributed by atoms with van der Waals surface area (Å²) in [5, 5.41) is 0.320. The summed E-state index contributed by atoms with van der Waals surface area (Å²) in [6.07, 6.45) is 3.76. The standard InChI is InChI=1S/C21H42O4Si2/c1-20(2,3)26(8,9)24-15-16-14-17(12-13-18(16)19(22)23-7)25-27(10,11)21(4,5)6/h13,16-17H,12,14-15H2,1-11H3/t16-,17-/m1/s1. The number of rotatable bonds is 6. The minimum Gasteiger partial charge on any atom is -0.466 e. The second-order valence-corrected chi connectivity index (χ2v) is 20.5. The number of methoxy groups -OCH3 is 1. The van der Waals surface area contributed by atoms with Crippen LogP contribution in [0.5, 0.6) is 0 Å². The molecule has 0 heterocycles. The fourth-order valence-corrected chi connectivity index (χ4v) is 5.14. The summed E-state index contributed by atoms with van der Waals surface area (Å²) in [6.45, 7) is 23.1. The molecule has 0 aromatic heterocycles. The minimum absolute atomic E-state index is 0.0371. The highest BCUT2D eigenvalue weighted by Crippen LogP contribution is 2.41. The van der Waals surface area contributed by atoms with E-state index in [0.717, 1.165) is 18.4 Å². The lowest BCUT2D eigenvalue weighted by Gasteiger charge is -2.42. The van der Waals surface area contributed by atoms with Gasteiger partial charge in [-0.15, -0.1) is 0 Å². The van der Waals surface area contributed by atoms with Gasteiger partial charge in [-0.05, 0) is 49.1 Å². The van der Waals surface area contributed by atoms with E-state index in [1.165, 1.54) is 7.11 Å². The molecule has 0 aromatic rings. The van der Waals surface area contributed by atoms with Gasteiger partial charge in [0.05, 0.1) is 7.11 Å². The fourth-order valence-electron chi connectivity index (χ4n) is 2.71. The highest BCUT2D eigenvalue weighted by Gasteiger charge is 2.42. The summed E-state index contributed by atoms with van der Waals surface area (Å²) in [6, 6.07) is 0. The van der Waals surface area contributed by atoms with Gasteiger partial charge in [-0.2, -0.15) is 0 Å². The monoisotopic (exact) mass is 414 g/mol. The first-order chi connectivity index (χ1) is 12.0. The van der Waals surface area contributed by atoms with E-state index < -0.39 is 16.6 Å². The molecule has 4 nitrogen and oxygen atoms in total. The van der Waals surface area contributed by atoms with Crippen molar-refractivity contribution >= 4 is 22.6 Å². The van der Waals surface area contributed by atoms with Crippen LogP contribution in [0, 0.1) is 5.92 Å². The van der Waals surface area contributed by atoms with Crippen LogP contribution in [0.15, 0.2) is 11.6 Å². The van der Waals surface area contributed by atoms with Crippen LogP contribution in [0.4, 0.5) is 0 Å². The third-order valence-corrected chi connectivity index (χ3v) is 15.8. The van der Waals surface area contributed by atoms with Crippen molar-refractivity contribution in [3.8, 4) is 0 Å². The van der Waals surface area contributed by atoms with Crippen LogP contribution in [0.2, 0.25) is 36.3 Å². The Kier molecular flexibility index (Phi) is 7.76. The van der Waals surface area contributed by atoms with Gasteiger partial charge < -0.3 is 13.6 Å². The quantitative estimate of drug-likeness (QED) is 0.400. The van der Waals surface area contributed by atoms with Gasteiger partial charge in [-0.3, -0.25) is 0 Å². The zero-order valence-corrected chi connectivity index (χ0v) is 21.5. The van der Waals surface area contributed by atoms with Crippen LogP contribution in [0.1, 0.15) is 54.4 Å².